The summed E-state index contributed by atoms with van der Waals surface area (Å²) >= 11 is 0. The summed E-state index contributed by atoms with van der Waals surface area (Å²) in [4.78, 5) is 0. The van der Waals surface area contributed by atoms with E-state index in [1.54, 1.807) is 6.08 Å². The zero-order valence-corrected chi connectivity index (χ0v) is 5.72. The summed E-state index contributed by atoms with van der Waals surface area (Å²) in [5.41, 5.74) is 0. The minimum Gasteiger partial charge on any atom is -0.0882 e. The first kappa shape index (κ1) is 7.74. The highest BCUT2D eigenvalue weighted by atomic mass is 13.9. The Morgan fingerprint density at radius 2 is 2.12 bits per heavy atom. The SMILES string of the molecule is [CH]C=CCCC(C)C. The maximum absolute atomic E-state index is 5.13. The summed E-state index contributed by atoms with van der Waals surface area (Å²) in [6.07, 6.45) is 5.98. The fourth-order valence-electron chi connectivity index (χ4n) is 0.526. The summed E-state index contributed by atoms with van der Waals surface area (Å²) in [6.45, 7) is 9.56. The zero-order valence-electron chi connectivity index (χ0n) is 5.72. The third-order valence-corrected chi connectivity index (χ3v) is 1.05. The fourth-order valence-corrected chi connectivity index (χ4v) is 0.526. The quantitative estimate of drug-likeness (QED) is 0.524. The molecule has 0 unspecified atom stereocenters. The van der Waals surface area contributed by atoms with E-state index in [0.29, 0.717) is 0 Å². The van der Waals surface area contributed by atoms with E-state index in [9.17, 15) is 0 Å². The average molecular weight is 110 g/mol. The van der Waals surface area contributed by atoms with Crippen LogP contribution in [0.4, 0.5) is 0 Å². The van der Waals surface area contributed by atoms with Crippen LogP contribution in [-0.4, -0.2) is 0 Å². The van der Waals surface area contributed by atoms with Gasteiger partial charge in [0, 0.05) is 0 Å². The molecule has 0 bridgehead atoms. The molecule has 0 rings (SSSR count). The Kier molecular flexibility index (Phi) is 4.73. The summed E-state index contributed by atoms with van der Waals surface area (Å²) in [5.74, 6) is 0.797. The van der Waals surface area contributed by atoms with Crippen molar-refractivity contribution in [2.24, 2.45) is 5.92 Å². The van der Waals surface area contributed by atoms with Gasteiger partial charge in [0.1, 0.15) is 0 Å². The van der Waals surface area contributed by atoms with Crippen molar-refractivity contribution in [3.63, 3.8) is 0 Å². The molecule has 0 heteroatoms. The van der Waals surface area contributed by atoms with Crippen molar-refractivity contribution in [1.82, 2.24) is 0 Å². The van der Waals surface area contributed by atoms with Crippen molar-refractivity contribution in [2.75, 3.05) is 0 Å². The molecule has 2 radical (unpaired) electrons. The van der Waals surface area contributed by atoms with Crippen LogP contribution in [0.1, 0.15) is 26.7 Å². The Bertz CT molecular complexity index is 60.4. The van der Waals surface area contributed by atoms with Gasteiger partial charge < -0.3 is 0 Å². The molecule has 0 saturated carbocycles. The van der Waals surface area contributed by atoms with Crippen molar-refractivity contribution >= 4 is 0 Å². The normalized spacial score (nSPS) is 11.5. The van der Waals surface area contributed by atoms with Crippen LogP contribution in [0, 0.1) is 12.8 Å². The molecule has 0 amide bonds. The Balaban J connectivity index is 2.93. The Hall–Kier alpha value is -0.260. The van der Waals surface area contributed by atoms with Crippen LogP contribution in [0.5, 0.6) is 0 Å². The Morgan fingerprint density at radius 3 is 2.50 bits per heavy atom. The van der Waals surface area contributed by atoms with E-state index in [1.165, 1.54) is 6.42 Å². The zero-order chi connectivity index (χ0) is 6.41. The minimum atomic E-state index is 0.797. The van der Waals surface area contributed by atoms with Crippen LogP contribution < -0.4 is 0 Å². The second-order valence-electron chi connectivity index (χ2n) is 2.40. The third-order valence-electron chi connectivity index (χ3n) is 1.05. The van der Waals surface area contributed by atoms with Gasteiger partial charge in [-0.3, -0.25) is 0 Å². The average Bonchev–Trinajstić information content (AvgIpc) is 1.66. The number of hydrogen-bond donors (Lipinski definition) is 0. The summed E-state index contributed by atoms with van der Waals surface area (Å²) in [7, 11) is 0. The van der Waals surface area contributed by atoms with Crippen molar-refractivity contribution in [3.05, 3.63) is 19.1 Å². The molecule has 0 aromatic rings. The van der Waals surface area contributed by atoms with Gasteiger partial charge in [0.25, 0.3) is 0 Å². The first-order valence-electron chi connectivity index (χ1n) is 3.14. The van der Waals surface area contributed by atoms with E-state index < -0.39 is 0 Å². The molecule has 0 atom stereocenters. The fraction of sp³-hybridized carbons (Fsp3) is 0.625. The number of allylic oxidation sites excluding steroid dienone is 2. The first-order valence-corrected chi connectivity index (χ1v) is 3.14. The topological polar surface area (TPSA) is 0 Å². The van der Waals surface area contributed by atoms with Crippen LogP contribution in [0.2, 0.25) is 0 Å². The molecule has 0 aliphatic carbocycles. The van der Waals surface area contributed by atoms with Crippen LogP contribution in [0.15, 0.2) is 12.2 Å². The summed E-state index contributed by atoms with van der Waals surface area (Å²) in [5, 5.41) is 0. The van der Waals surface area contributed by atoms with E-state index in [4.69, 9.17) is 6.92 Å². The maximum atomic E-state index is 5.13. The van der Waals surface area contributed by atoms with Crippen molar-refractivity contribution < 1.29 is 0 Å². The third kappa shape index (κ3) is 5.74. The molecule has 0 aliphatic heterocycles. The molecule has 8 heavy (non-hydrogen) atoms. The van der Waals surface area contributed by atoms with Crippen LogP contribution >= 0.6 is 0 Å². The molecular weight excluding hydrogens is 96.1 g/mol. The van der Waals surface area contributed by atoms with Crippen molar-refractivity contribution in [3.8, 4) is 0 Å². The highest BCUT2D eigenvalue weighted by molar-refractivity contribution is 4.83. The van der Waals surface area contributed by atoms with Crippen LogP contribution in [0.3, 0.4) is 0 Å². The largest absolute Gasteiger partial charge is 0.0882 e. The highest BCUT2D eigenvalue weighted by Crippen LogP contribution is 2.02. The second-order valence-corrected chi connectivity index (χ2v) is 2.40. The Morgan fingerprint density at radius 1 is 1.50 bits per heavy atom. The molecule has 46 valence electrons. The molecule has 0 saturated heterocycles. The maximum Gasteiger partial charge on any atom is -0.00958 e. The lowest BCUT2D eigenvalue weighted by Crippen LogP contribution is -1.82. The standard InChI is InChI=1S/C8H14/c1-4-5-6-7-8(2)3/h1,4-5,8H,6-7H2,2-3H3. The van der Waals surface area contributed by atoms with Gasteiger partial charge in [-0.05, 0) is 25.7 Å². The molecule has 0 heterocycles. The van der Waals surface area contributed by atoms with E-state index in [1.807, 2.05) is 6.08 Å². The van der Waals surface area contributed by atoms with E-state index in [-0.39, 0.29) is 0 Å². The predicted octanol–water partition coefficient (Wildman–Crippen LogP) is 2.69. The van der Waals surface area contributed by atoms with Crippen LogP contribution in [0.25, 0.3) is 0 Å². The van der Waals surface area contributed by atoms with Gasteiger partial charge in [0.2, 0.25) is 0 Å². The molecule has 0 aliphatic rings. The van der Waals surface area contributed by atoms with Gasteiger partial charge in [-0.15, -0.1) is 0 Å². The lowest BCUT2D eigenvalue weighted by Gasteiger charge is -1.97. The van der Waals surface area contributed by atoms with Gasteiger partial charge in [0.15, 0.2) is 0 Å². The summed E-state index contributed by atoms with van der Waals surface area (Å²) in [6, 6.07) is 0. The minimum absolute atomic E-state index is 0.797. The summed E-state index contributed by atoms with van der Waals surface area (Å²) < 4.78 is 0. The second kappa shape index (κ2) is 4.89. The molecular formula is C8H14. The molecule has 0 aromatic heterocycles. The Labute approximate surface area is 52.6 Å². The van der Waals surface area contributed by atoms with E-state index in [0.717, 1.165) is 12.3 Å². The number of rotatable bonds is 3. The van der Waals surface area contributed by atoms with E-state index in [2.05, 4.69) is 13.8 Å². The lowest BCUT2D eigenvalue weighted by molar-refractivity contribution is 0.594. The smallest absolute Gasteiger partial charge is 0.00958 e. The van der Waals surface area contributed by atoms with Gasteiger partial charge in [-0.1, -0.05) is 26.0 Å². The molecule has 0 N–H and O–H groups in total. The molecule has 0 aromatic carbocycles. The monoisotopic (exact) mass is 110 g/mol. The molecule has 0 nitrogen and oxygen atoms in total. The number of hydrogen-bond acceptors (Lipinski definition) is 0. The molecule has 0 spiro atoms. The lowest BCUT2D eigenvalue weighted by atomic mass is 10.1. The van der Waals surface area contributed by atoms with Gasteiger partial charge >= 0.3 is 0 Å². The van der Waals surface area contributed by atoms with Crippen LogP contribution in [-0.2, 0) is 0 Å². The van der Waals surface area contributed by atoms with Gasteiger partial charge in [-0.25, -0.2) is 0 Å². The van der Waals surface area contributed by atoms with Crippen molar-refractivity contribution in [2.45, 2.75) is 26.7 Å². The molecule has 0 fully saturated rings. The van der Waals surface area contributed by atoms with Crippen molar-refractivity contribution in [1.29, 1.82) is 0 Å². The van der Waals surface area contributed by atoms with Gasteiger partial charge in [0.05, 0.1) is 0 Å². The highest BCUT2D eigenvalue weighted by Gasteiger charge is 1.87. The predicted molar refractivity (Wildman–Crippen MR) is 37.5 cm³/mol. The first-order chi connectivity index (χ1) is 3.77. The van der Waals surface area contributed by atoms with E-state index >= 15 is 0 Å². The van der Waals surface area contributed by atoms with Gasteiger partial charge in [-0.2, -0.15) is 0 Å².